The van der Waals surface area contributed by atoms with Crippen LogP contribution in [0, 0.1) is 0 Å². The third-order valence-electron chi connectivity index (χ3n) is 2.44. The Hall–Kier alpha value is -1.89. The van der Waals surface area contributed by atoms with Gasteiger partial charge in [-0.2, -0.15) is 0 Å². The molecule has 1 saturated heterocycles. The van der Waals surface area contributed by atoms with Gasteiger partial charge in [-0.05, 0) is 17.7 Å². The van der Waals surface area contributed by atoms with Gasteiger partial charge in [0.15, 0.2) is 0 Å². The maximum Gasteiger partial charge on any atom is 0.534 e. The molecular formula is C12H10BrNO5. The van der Waals surface area contributed by atoms with Crippen LogP contribution in [0.15, 0.2) is 28.7 Å². The second-order valence-corrected chi connectivity index (χ2v) is 4.75. The molecule has 1 aliphatic rings. The maximum atomic E-state index is 11.3. The Labute approximate surface area is 117 Å². The van der Waals surface area contributed by atoms with E-state index in [-0.39, 0.29) is 19.4 Å². The lowest BCUT2D eigenvalue weighted by Crippen LogP contribution is -2.32. The van der Waals surface area contributed by atoms with Crippen molar-refractivity contribution in [3.63, 3.8) is 0 Å². The van der Waals surface area contributed by atoms with Crippen molar-refractivity contribution in [2.75, 3.05) is 0 Å². The molecule has 0 aliphatic carbocycles. The summed E-state index contributed by atoms with van der Waals surface area (Å²) in [5.74, 6) is -1.07. The molecule has 0 spiro atoms. The van der Waals surface area contributed by atoms with E-state index in [9.17, 15) is 14.4 Å². The minimum Gasteiger partial charge on any atom is -0.428 e. The normalized spacial score (nSPS) is 14.7. The highest BCUT2D eigenvalue weighted by Gasteiger charge is 2.33. The molecule has 100 valence electrons. The molecule has 1 aliphatic heterocycles. The second-order valence-electron chi connectivity index (χ2n) is 3.84. The van der Waals surface area contributed by atoms with Crippen LogP contribution in [-0.4, -0.2) is 23.0 Å². The number of ether oxygens (including phenoxy) is 1. The van der Waals surface area contributed by atoms with Gasteiger partial charge in [-0.25, -0.2) is 4.79 Å². The molecule has 0 aromatic heterocycles. The molecule has 1 aromatic carbocycles. The van der Waals surface area contributed by atoms with E-state index in [0.717, 1.165) is 10.0 Å². The summed E-state index contributed by atoms with van der Waals surface area (Å²) in [7, 11) is 0. The molecule has 1 aromatic rings. The lowest BCUT2D eigenvalue weighted by Gasteiger charge is -2.12. The van der Waals surface area contributed by atoms with Crippen LogP contribution in [0.3, 0.4) is 0 Å². The van der Waals surface area contributed by atoms with Crippen molar-refractivity contribution in [3.05, 3.63) is 34.3 Å². The molecule has 6 nitrogen and oxygen atoms in total. The first-order chi connectivity index (χ1) is 9.06. The van der Waals surface area contributed by atoms with Gasteiger partial charge in [0.05, 0.1) is 0 Å². The van der Waals surface area contributed by atoms with Crippen LogP contribution in [-0.2, 0) is 25.8 Å². The lowest BCUT2D eigenvalue weighted by atomic mass is 10.2. The lowest BCUT2D eigenvalue weighted by molar-refractivity contribution is -0.177. The maximum absolute atomic E-state index is 11.3. The molecule has 1 heterocycles. The summed E-state index contributed by atoms with van der Waals surface area (Å²) in [6, 6.07) is 7.14. The fraction of sp³-hybridized carbons (Fsp3) is 0.250. The molecule has 0 unspecified atom stereocenters. The quantitative estimate of drug-likeness (QED) is 0.628. The highest BCUT2D eigenvalue weighted by Crippen LogP contribution is 2.14. The van der Waals surface area contributed by atoms with E-state index in [4.69, 9.17) is 4.74 Å². The average molecular weight is 328 g/mol. The van der Waals surface area contributed by atoms with E-state index in [1.54, 1.807) is 24.3 Å². The Morgan fingerprint density at radius 3 is 2.32 bits per heavy atom. The summed E-state index contributed by atoms with van der Waals surface area (Å²) in [6.45, 7) is 0.00232. The van der Waals surface area contributed by atoms with Crippen molar-refractivity contribution in [2.45, 2.75) is 19.4 Å². The summed E-state index contributed by atoms with van der Waals surface area (Å²) in [5.41, 5.74) is 0.763. The van der Waals surface area contributed by atoms with Gasteiger partial charge in [-0.15, -0.1) is 0 Å². The largest absolute Gasteiger partial charge is 0.534 e. The van der Waals surface area contributed by atoms with Crippen molar-refractivity contribution in [1.82, 2.24) is 5.06 Å². The Bertz CT molecular complexity index is 497. The third-order valence-corrected chi connectivity index (χ3v) is 2.97. The topological polar surface area (TPSA) is 72.9 Å². The summed E-state index contributed by atoms with van der Waals surface area (Å²) in [4.78, 5) is 38.3. The number of benzene rings is 1. The minimum atomic E-state index is -1.08. The first kappa shape index (κ1) is 13.5. The Balaban J connectivity index is 1.83. The van der Waals surface area contributed by atoms with Crippen LogP contribution in [0.2, 0.25) is 0 Å². The average Bonchev–Trinajstić information content (AvgIpc) is 2.70. The number of carbonyl (C=O) groups is 3. The molecule has 0 bridgehead atoms. The van der Waals surface area contributed by atoms with E-state index in [1.807, 2.05) is 0 Å². The summed E-state index contributed by atoms with van der Waals surface area (Å²) < 4.78 is 5.71. The van der Waals surface area contributed by atoms with Crippen molar-refractivity contribution in [2.24, 2.45) is 0 Å². The van der Waals surface area contributed by atoms with E-state index in [2.05, 4.69) is 20.8 Å². The fourth-order valence-corrected chi connectivity index (χ4v) is 1.75. The number of hydroxylamine groups is 2. The van der Waals surface area contributed by atoms with Gasteiger partial charge in [-0.1, -0.05) is 33.1 Å². The molecule has 2 rings (SSSR count). The van der Waals surface area contributed by atoms with Gasteiger partial charge in [0.25, 0.3) is 11.8 Å². The standard InChI is InChI=1S/C12H10BrNO5/c13-9-3-1-8(2-4-9)7-18-12(17)19-14-10(15)5-6-11(14)16/h1-4H,5-7H2. The number of amides is 2. The van der Waals surface area contributed by atoms with Crippen LogP contribution in [0.4, 0.5) is 4.79 Å². The zero-order chi connectivity index (χ0) is 13.8. The van der Waals surface area contributed by atoms with Crippen LogP contribution in [0.5, 0.6) is 0 Å². The highest BCUT2D eigenvalue weighted by atomic mass is 79.9. The predicted octanol–water partition coefficient (Wildman–Crippen LogP) is 2.17. The molecule has 0 saturated carbocycles. The fourth-order valence-electron chi connectivity index (χ4n) is 1.48. The van der Waals surface area contributed by atoms with E-state index < -0.39 is 18.0 Å². The molecule has 0 atom stereocenters. The van der Waals surface area contributed by atoms with Crippen molar-refractivity contribution in [3.8, 4) is 0 Å². The van der Waals surface area contributed by atoms with Crippen LogP contribution >= 0.6 is 15.9 Å². The van der Waals surface area contributed by atoms with Gasteiger partial charge in [-0.3, -0.25) is 14.4 Å². The molecule has 0 radical (unpaired) electrons. The number of imide groups is 1. The number of rotatable bonds is 3. The van der Waals surface area contributed by atoms with Crippen molar-refractivity contribution >= 4 is 33.9 Å². The van der Waals surface area contributed by atoms with Crippen molar-refractivity contribution in [1.29, 1.82) is 0 Å². The Kier molecular flexibility index (Phi) is 4.16. The van der Waals surface area contributed by atoms with Gasteiger partial charge in [0, 0.05) is 17.3 Å². The molecule has 0 N–H and O–H groups in total. The summed E-state index contributed by atoms with van der Waals surface area (Å²) in [5, 5.41) is 0.448. The highest BCUT2D eigenvalue weighted by molar-refractivity contribution is 9.10. The number of nitrogens with zero attached hydrogens (tertiary/aromatic N) is 1. The van der Waals surface area contributed by atoms with Gasteiger partial charge in [0.1, 0.15) is 6.61 Å². The monoisotopic (exact) mass is 327 g/mol. The van der Waals surface area contributed by atoms with Crippen LogP contribution in [0.1, 0.15) is 18.4 Å². The summed E-state index contributed by atoms with van der Waals surface area (Å²) in [6.07, 6.45) is -0.969. The first-order valence-electron chi connectivity index (χ1n) is 5.51. The number of hydrogen-bond acceptors (Lipinski definition) is 5. The molecule has 2 amide bonds. The van der Waals surface area contributed by atoms with Crippen LogP contribution in [0.25, 0.3) is 0 Å². The Morgan fingerprint density at radius 2 is 1.74 bits per heavy atom. The van der Waals surface area contributed by atoms with Gasteiger partial charge >= 0.3 is 6.16 Å². The SMILES string of the molecule is O=C(OCc1ccc(Br)cc1)ON1C(=O)CCC1=O. The third kappa shape index (κ3) is 3.54. The molecule has 19 heavy (non-hydrogen) atoms. The van der Waals surface area contributed by atoms with E-state index in [0.29, 0.717) is 5.06 Å². The number of carbonyl (C=O) groups excluding carboxylic acids is 3. The van der Waals surface area contributed by atoms with E-state index in [1.165, 1.54) is 0 Å². The molecular weight excluding hydrogens is 318 g/mol. The zero-order valence-electron chi connectivity index (χ0n) is 9.80. The molecule has 1 fully saturated rings. The second kappa shape index (κ2) is 5.83. The van der Waals surface area contributed by atoms with Gasteiger partial charge < -0.3 is 4.74 Å². The molecule has 7 heteroatoms. The summed E-state index contributed by atoms with van der Waals surface area (Å²) >= 11 is 3.28. The smallest absolute Gasteiger partial charge is 0.428 e. The Morgan fingerprint density at radius 1 is 1.16 bits per heavy atom. The minimum absolute atomic E-state index is 0.00232. The predicted molar refractivity (Wildman–Crippen MR) is 66.5 cm³/mol. The van der Waals surface area contributed by atoms with Crippen molar-refractivity contribution < 1.29 is 24.0 Å². The zero-order valence-corrected chi connectivity index (χ0v) is 11.4. The van der Waals surface area contributed by atoms with Crippen LogP contribution < -0.4 is 0 Å². The number of hydrogen-bond donors (Lipinski definition) is 0. The van der Waals surface area contributed by atoms with Gasteiger partial charge in [0.2, 0.25) is 0 Å². The first-order valence-corrected chi connectivity index (χ1v) is 6.30. The number of halogens is 1. The van der Waals surface area contributed by atoms with E-state index >= 15 is 0 Å².